The fourth-order valence-corrected chi connectivity index (χ4v) is 10.2. The maximum atomic E-state index is 14.2. The summed E-state index contributed by atoms with van der Waals surface area (Å²) in [5, 5.41) is 0.481. The number of sulfonamides is 2. The highest BCUT2D eigenvalue weighted by molar-refractivity contribution is 7.93. The van der Waals surface area contributed by atoms with E-state index in [0.29, 0.717) is 34.1 Å². The number of halogens is 2. The summed E-state index contributed by atoms with van der Waals surface area (Å²) in [5.74, 6) is 0.685. The Morgan fingerprint density at radius 2 is 0.828 bits per heavy atom. The van der Waals surface area contributed by atoms with Crippen molar-refractivity contribution >= 4 is 77.4 Å². The van der Waals surface area contributed by atoms with E-state index in [1.165, 1.54) is 8.61 Å². The first kappa shape index (κ1) is 37.4. The van der Waals surface area contributed by atoms with E-state index >= 15 is 0 Å². The molecule has 0 atom stereocenters. The maximum Gasteiger partial charge on any atom is 0.268 e. The molecule has 2 aliphatic rings. The first-order chi connectivity index (χ1) is 27.9. The molecular weight excluding hydrogens is 816 g/mol. The molecule has 2 heterocycles. The number of hydrogen-bond acceptors (Lipinski definition) is 8. The number of fused-ring (bicyclic) bond motifs is 4. The van der Waals surface area contributed by atoms with Crippen molar-refractivity contribution in [3.63, 3.8) is 0 Å². The molecule has 0 N–H and O–H groups in total. The number of hydrogen-bond donors (Lipinski definition) is 0. The van der Waals surface area contributed by atoms with Gasteiger partial charge in [0.05, 0.1) is 32.5 Å². The standard InChI is InChI=1S/C44H30Cl2N4O6S2/c1-27-13-19-33(20-14-27)57(51,52)49(29-9-5-3-6-10-29)31-17-23-35-37(25-31)55-43-39(45)42-44(40(46)41(43)47-35)56-38-26-32(18-24-36(38)48-42)50(30-11-7-4-8-12-30)58(53,54)34-21-15-28(2)16-22-34/h3-26H,1-2H3. The normalized spacial score (nSPS) is 12.6. The van der Waals surface area contributed by atoms with Crippen LogP contribution in [0.2, 0.25) is 10.0 Å². The van der Waals surface area contributed by atoms with Gasteiger partial charge in [-0.1, -0.05) is 95.0 Å². The topological polar surface area (TPSA) is 118 Å². The summed E-state index contributed by atoms with van der Waals surface area (Å²) < 4.78 is 72.0. The van der Waals surface area contributed by atoms with Crippen LogP contribution in [0.15, 0.2) is 165 Å². The summed E-state index contributed by atoms with van der Waals surface area (Å²) >= 11 is 14.0. The van der Waals surface area contributed by atoms with Crippen molar-refractivity contribution in [2.24, 2.45) is 9.98 Å². The lowest BCUT2D eigenvalue weighted by molar-refractivity contribution is 0.451. The van der Waals surface area contributed by atoms with E-state index in [1.54, 1.807) is 146 Å². The molecule has 0 spiro atoms. The molecule has 0 unspecified atom stereocenters. The second-order valence-corrected chi connectivity index (χ2v) is 17.9. The van der Waals surface area contributed by atoms with Crippen molar-refractivity contribution in [3.05, 3.63) is 177 Å². The van der Waals surface area contributed by atoms with Gasteiger partial charge in [-0.2, -0.15) is 0 Å². The van der Waals surface area contributed by atoms with E-state index in [1.807, 2.05) is 13.8 Å². The molecule has 0 amide bonds. The Bertz CT molecular complexity index is 2920. The minimum atomic E-state index is -4.08. The van der Waals surface area contributed by atoms with Gasteiger partial charge in [0.15, 0.2) is 23.0 Å². The van der Waals surface area contributed by atoms with Crippen molar-refractivity contribution in [2.75, 3.05) is 8.61 Å². The predicted octanol–water partition coefficient (Wildman–Crippen LogP) is 10.8. The van der Waals surface area contributed by atoms with Crippen LogP contribution in [0.3, 0.4) is 0 Å². The summed E-state index contributed by atoms with van der Waals surface area (Å²) in [4.78, 5) is 9.79. The first-order valence-electron chi connectivity index (χ1n) is 17.9. The quantitative estimate of drug-likeness (QED) is 0.150. The van der Waals surface area contributed by atoms with Gasteiger partial charge in [0.1, 0.15) is 32.1 Å². The number of nitrogens with zero attached hydrogens (tertiary/aromatic N) is 4. The molecule has 14 heteroatoms. The van der Waals surface area contributed by atoms with Crippen LogP contribution in [0, 0.1) is 13.8 Å². The molecule has 7 aromatic carbocycles. The van der Waals surface area contributed by atoms with Gasteiger partial charge in [-0.15, -0.1) is 0 Å². The van der Waals surface area contributed by atoms with Crippen LogP contribution in [0.4, 0.5) is 34.1 Å². The van der Waals surface area contributed by atoms with E-state index in [-0.39, 0.29) is 53.5 Å². The van der Waals surface area contributed by atoms with Crippen molar-refractivity contribution in [1.29, 1.82) is 0 Å². The SMILES string of the molecule is Cc1ccc(S(=O)(=O)N(c2ccccc2)c2ccc3c(c2)Oc2c(Cl)c4c(c(Cl)c2=N3)Oc2cc(N(c3ccccc3)S(=O)(=O)c3ccc(C)cc3)ccc2N=4)cc1. The molecular formula is C44H30Cl2N4O6S2. The molecule has 2 aliphatic heterocycles. The summed E-state index contributed by atoms with van der Waals surface area (Å²) in [6.45, 7) is 3.78. The lowest BCUT2D eigenvalue weighted by Gasteiger charge is -2.27. The number of anilines is 4. The van der Waals surface area contributed by atoms with Crippen LogP contribution >= 0.6 is 23.2 Å². The fraction of sp³-hybridized carbons (Fsp3) is 0.0455. The third-order valence-electron chi connectivity index (χ3n) is 9.59. The van der Waals surface area contributed by atoms with E-state index in [4.69, 9.17) is 42.7 Å². The zero-order valence-electron chi connectivity index (χ0n) is 30.7. The summed E-state index contributed by atoms with van der Waals surface area (Å²) in [7, 11) is -8.17. The van der Waals surface area contributed by atoms with E-state index in [2.05, 4.69) is 0 Å². The molecule has 9 rings (SSSR count). The van der Waals surface area contributed by atoms with Gasteiger partial charge in [-0.05, 0) is 86.6 Å². The Balaban J connectivity index is 1.11. The first-order valence-corrected chi connectivity index (χ1v) is 21.5. The van der Waals surface area contributed by atoms with E-state index in [9.17, 15) is 16.8 Å². The number of rotatable bonds is 8. The zero-order valence-corrected chi connectivity index (χ0v) is 33.8. The fourth-order valence-electron chi connectivity index (χ4n) is 6.69. The second-order valence-electron chi connectivity index (χ2n) is 13.6. The lowest BCUT2D eigenvalue weighted by Crippen LogP contribution is -2.27. The molecule has 288 valence electrons. The Kier molecular flexibility index (Phi) is 9.24. The number of para-hydroxylation sites is 2. The lowest BCUT2D eigenvalue weighted by atomic mass is 10.2. The maximum absolute atomic E-state index is 14.2. The largest absolute Gasteiger partial charge is 0.451 e. The Labute approximate surface area is 344 Å². The summed E-state index contributed by atoms with van der Waals surface area (Å²) in [5.41, 5.74) is 4.03. The van der Waals surface area contributed by atoms with Crippen LogP contribution in [0.25, 0.3) is 0 Å². The third-order valence-corrected chi connectivity index (χ3v) is 13.8. The van der Waals surface area contributed by atoms with Crippen molar-refractivity contribution in [3.8, 4) is 23.0 Å². The van der Waals surface area contributed by atoms with Gasteiger partial charge in [0.25, 0.3) is 20.0 Å². The Hall–Kier alpha value is -6.18. The van der Waals surface area contributed by atoms with Crippen LogP contribution in [-0.2, 0) is 20.0 Å². The van der Waals surface area contributed by atoms with Gasteiger partial charge >= 0.3 is 0 Å². The van der Waals surface area contributed by atoms with Gasteiger partial charge in [-0.3, -0.25) is 0 Å². The van der Waals surface area contributed by atoms with Gasteiger partial charge in [-0.25, -0.2) is 35.4 Å². The molecule has 58 heavy (non-hydrogen) atoms. The van der Waals surface area contributed by atoms with Gasteiger partial charge < -0.3 is 9.47 Å². The van der Waals surface area contributed by atoms with Crippen LogP contribution in [0.5, 0.6) is 23.0 Å². The molecule has 0 aliphatic carbocycles. The van der Waals surface area contributed by atoms with E-state index in [0.717, 1.165) is 11.1 Å². The highest BCUT2D eigenvalue weighted by Crippen LogP contribution is 2.46. The molecule has 0 saturated carbocycles. The number of ether oxygens (including phenoxy) is 2. The second kappa shape index (κ2) is 14.3. The van der Waals surface area contributed by atoms with Crippen molar-refractivity contribution in [2.45, 2.75) is 23.6 Å². The number of benzene rings is 7. The minimum Gasteiger partial charge on any atom is -0.451 e. The summed E-state index contributed by atoms with van der Waals surface area (Å²) in [6.07, 6.45) is 0. The Morgan fingerprint density at radius 3 is 1.19 bits per heavy atom. The predicted molar refractivity (Wildman–Crippen MR) is 225 cm³/mol. The number of aryl methyl sites for hydroxylation is 2. The smallest absolute Gasteiger partial charge is 0.268 e. The highest BCUT2D eigenvalue weighted by Gasteiger charge is 2.32. The minimum absolute atomic E-state index is 0.0592. The van der Waals surface area contributed by atoms with Crippen molar-refractivity contribution in [1.82, 2.24) is 0 Å². The molecule has 0 radical (unpaired) electrons. The third kappa shape index (κ3) is 6.44. The van der Waals surface area contributed by atoms with Crippen LogP contribution < -0.4 is 28.8 Å². The molecule has 0 aromatic heterocycles. The average molecular weight is 846 g/mol. The Morgan fingerprint density at radius 1 is 0.466 bits per heavy atom. The molecule has 0 bridgehead atoms. The van der Waals surface area contributed by atoms with Crippen LogP contribution in [-0.4, -0.2) is 16.8 Å². The van der Waals surface area contributed by atoms with E-state index < -0.39 is 20.0 Å². The molecule has 7 aromatic rings. The zero-order chi connectivity index (χ0) is 40.3. The molecule has 0 saturated heterocycles. The van der Waals surface area contributed by atoms with Crippen LogP contribution in [0.1, 0.15) is 11.1 Å². The monoisotopic (exact) mass is 844 g/mol. The van der Waals surface area contributed by atoms with Crippen molar-refractivity contribution < 1.29 is 26.3 Å². The highest BCUT2D eigenvalue weighted by atomic mass is 35.5. The molecule has 0 fully saturated rings. The average Bonchev–Trinajstić information content (AvgIpc) is 3.23. The van der Waals surface area contributed by atoms with Gasteiger partial charge in [0, 0.05) is 12.1 Å². The summed E-state index contributed by atoms with van der Waals surface area (Å²) in [6, 6.07) is 40.5. The molecule has 10 nitrogen and oxygen atoms in total. The van der Waals surface area contributed by atoms with Gasteiger partial charge in [0.2, 0.25) is 0 Å².